The van der Waals surface area contributed by atoms with Crippen LogP contribution in [0, 0.1) is 0 Å². The summed E-state index contributed by atoms with van der Waals surface area (Å²) in [5, 5.41) is 8.45. The standard InChI is InChI=1S/C37H31NSi2/c1-39(2)36-21-13-12-20-33(36)34-26-28(22-25-37(34)39)35-24-23-32(27-38-35)40(29-14-6-3-7-15-29,30-16-8-4-9-17-30)31-18-10-5-11-19-31/h3-27H,1-2H3. The summed E-state index contributed by atoms with van der Waals surface area (Å²) in [7, 11) is -4.23. The molecule has 192 valence electrons. The fourth-order valence-corrected chi connectivity index (χ4v) is 14.5. The first kappa shape index (κ1) is 24.7. The topological polar surface area (TPSA) is 12.9 Å². The molecule has 7 rings (SSSR count). The summed E-state index contributed by atoms with van der Waals surface area (Å²) in [5.74, 6) is 0. The molecular formula is C37H31NSi2. The summed E-state index contributed by atoms with van der Waals surface area (Å²) in [6, 6.07) is 53.6. The van der Waals surface area contributed by atoms with Crippen LogP contribution in [0.5, 0.6) is 0 Å². The number of hydrogen-bond acceptors (Lipinski definition) is 1. The van der Waals surface area contributed by atoms with E-state index in [1.165, 1.54) is 47.8 Å². The first-order valence-corrected chi connectivity index (χ1v) is 19.0. The molecule has 3 heteroatoms. The van der Waals surface area contributed by atoms with Crippen molar-refractivity contribution in [1.82, 2.24) is 4.98 Å². The number of rotatable bonds is 5. The van der Waals surface area contributed by atoms with Crippen LogP contribution >= 0.6 is 0 Å². The number of benzene rings is 5. The molecule has 2 heterocycles. The first-order valence-electron chi connectivity index (χ1n) is 14.0. The summed E-state index contributed by atoms with van der Waals surface area (Å²) in [5.41, 5.74) is 4.99. The largest absolute Gasteiger partial charge is 0.256 e. The number of hydrogen-bond donors (Lipinski definition) is 0. The normalized spacial score (nSPS) is 13.4. The molecule has 1 aliphatic rings. The van der Waals surface area contributed by atoms with Gasteiger partial charge in [0.1, 0.15) is 8.07 Å². The maximum atomic E-state index is 5.16. The van der Waals surface area contributed by atoms with Gasteiger partial charge in [0, 0.05) is 11.8 Å². The monoisotopic (exact) mass is 545 g/mol. The predicted octanol–water partition coefficient (Wildman–Crippen LogP) is 4.93. The van der Waals surface area contributed by atoms with E-state index in [-0.39, 0.29) is 0 Å². The van der Waals surface area contributed by atoms with Gasteiger partial charge in [-0.05, 0) is 54.4 Å². The minimum Gasteiger partial charge on any atom is -0.256 e. The van der Waals surface area contributed by atoms with E-state index in [0.29, 0.717) is 0 Å². The summed E-state index contributed by atoms with van der Waals surface area (Å²) in [4.78, 5) is 5.16. The quantitative estimate of drug-likeness (QED) is 0.221. The fraction of sp³-hybridized carbons (Fsp3) is 0.0541. The van der Waals surface area contributed by atoms with Crippen LogP contribution in [0.15, 0.2) is 152 Å². The Morgan fingerprint density at radius 1 is 0.475 bits per heavy atom. The van der Waals surface area contributed by atoms with Crippen LogP contribution in [-0.4, -0.2) is 21.1 Å². The van der Waals surface area contributed by atoms with Gasteiger partial charge in [-0.25, -0.2) is 0 Å². The molecule has 40 heavy (non-hydrogen) atoms. The third-order valence-electron chi connectivity index (χ3n) is 8.70. The van der Waals surface area contributed by atoms with Crippen LogP contribution in [-0.2, 0) is 0 Å². The second-order valence-electron chi connectivity index (χ2n) is 11.2. The molecule has 1 aromatic heterocycles. The predicted molar refractivity (Wildman–Crippen MR) is 175 cm³/mol. The SMILES string of the molecule is C[Si]1(C)c2ccccc2-c2cc(-c3ccc([Si](c4ccccc4)(c4ccccc4)c4ccccc4)cn3)ccc21. The van der Waals surface area contributed by atoms with E-state index in [0.717, 1.165) is 5.69 Å². The summed E-state index contributed by atoms with van der Waals surface area (Å²) in [6.45, 7) is 4.93. The molecule has 0 bridgehead atoms. The maximum Gasteiger partial charge on any atom is 0.181 e. The van der Waals surface area contributed by atoms with Crippen molar-refractivity contribution in [3.63, 3.8) is 0 Å². The molecule has 6 aromatic rings. The smallest absolute Gasteiger partial charge is 0.181 e. The Labute approximate surface area is 238 Å². The highest BCUT2D eigenvalue weighted by molar-refractivity contribution is 7.19. The highest BCUT2D eigenvalue weighted by Gasteiger charge is 2.41. The van der Waals surface area contributed by atoms with Gasteiger partial charge in [0.25, 0.3) is 0 Å². The van der Waals surface area contributed by atoms with E-state index in [4.69, 9.17) is 4.98 Å². The molecule has 0 amide bonds. The Hall–Kier alpha value is -4.32. The van der Waals surface area contributed by atoms with Crippen molar-refractivity contribution in [3.8, 4) is 22.4 Å². The molecule has 1 aliphatic heterocycles. The molecule has 0 saturated heterocycles. The van der Waals surface area contributed by atoms with Crippen LogP contribution in [0.3, 0.4) is 0 Å². The summed E-state index contributed by atoms with van der Waals surface area (Å²) < 4.78 is 0. The van der Waals surface area contributed by atoms with E-state index in [1.54, 1.807) is 0 Å². The second-order valence-corrected chi connectivity index (χ2v) is 19.3. The number of nitrogens with zero attached hydrogens (tertiary/aromatic N) is 1. The Bertz CT molecular complexity index is 1700. The molecular weight excluding hydrogens is 515 g/mol. The summed E-state index contributed by atoms with van der Waals surface area (Å²) in [6.07, 6.45) is 2.15. The van der Waals surface area contributed by atoms with Crippen molar-refractivity contribution in [2.24, 2.45) is 0 Å². The third-order valence-corrected chi connectivity index (χ3v) is 17.0. The van der Waals surface area contributed by atoms with Crippen molar-refractivity contribution < 1.29 is 0 Å². The van der Waals surface area contributed by atoms with Gasteiger partial charge in [-0.15, -0.1) is 0 Å². The lowest BCUT2D eigenvalue weighted by Gasteiger charge is -2.34. The molecule has 5 aromatic carbocycles. The van der Waals surface area contributed by atoms with Gasteiger partial charge >= 0.3 is 0 Å². The van der Waals surface area contributed by atoms with E-state index < -0.39 is 16.1 Å². The second kappa shape index (κ2) is 9.70. The van der Waals surface area contributed by atoms with Crippen LogP contribution in [0.1, 0.15) is 0 Å². The van der Waals surface area contributed by atoms with Gasteiger partial charge in [-0.1, -0.05) is 147 Å². The Morgan fingerprint density at radius 2 is 1.00 bits per heavy atom. The molecule has 0 N–H and O–H groups in total. The molecule has 0 radical (unpaired) electrons. The third kappa shape index (κ3) is 3.77. The number of fused-ring (bicyclic) bond motifs is 3. The van der Waals surface area contributed by atoms with Crippen molar-refractivity contribution in [2.45, 2.75) is 13.1 Å². The molecule has 0 unspecified atom stereocenters. The van der Waals surface area contributed by atoms with Gasteiger partial charge in [-0.3, -0.25) is 4.98 Å². The van der Waals surface area contributed by atoms with Crippen LogP contribution in [0.4, 0.5) is 0 Å². The van der Waals surface area contributed by atoms with Gasteiger partial charge in [0.15, 0.2) is 8.07 Å². The Morgan fingerprint density at radius 3 is 1.55 bits per heavy atom. The molecule has 0 aliphatic carbocycles. The van der Waals surface area contributed by atoms with Crippen LogP contribution < -0.4 is 31.1 Å². The molecule has 0 spiro atoms. The fourth-order valence-electron chi connectivity index (χ4n) is 6.73. The zero-order valence-corrected chi connectivity index (χ0v) is 24.9. The number of aromatic nitrogens is 1. The van der Waals surface area contributed by atoms with Crippen molar-refractivity contribution in [3.05, 3.63) is 152 Å². The van der Waals surface area contributed by atoms with Crippen LogP contribution in [0.2, 0.25) is 13.1 Å². The highest BCUT2D eigenvalue weighted by atomic mass is 28.3. The van der Waals surface area contributed by atoms with Crippen molar-refractivity contribution >= 4 is 47.3 Å². The number of pyridine rings is 1. The van der Waals surface area contributed by atoms with E-state index in [2.05, 4.69) is 165 Å². The Kier molecular flexibility index (Phi) is 5.99. The first-order chi connectivity index (χ1) is 19.6. The minimum absolute atomic E-state index is 1.02. The average Bonchev–Trinajstić information content (AvgIpc) is 3.25. The van der Waals surface area contributed by atoms with E-state index in [9.17, 15) is 0 Å². The lowest BCUT2D eigenvalue weighted by molar-refractivity contribution is 1.34. The summed E-state index contributed by atoms with van der Waals surface area (Å²) >= 11 is 0. The van der Waals surface area contributed by atoms with Crippen molar-refractivity contribution in [2.75, 3.05) is 0 Å². The van der Waals surface area contributed by atoms with E-state index >= 15 is 0 Å². The van der Waals surface area contributed by atoms with Gasteiger partial charge < -0.3 is 0 Å². The zero-order valence-electron chi connectivity index (χ0n) is 22.9. The van der Waals surface area contributed by atoms with Gasteiger partial charge in [0.2, 0.25) is 0 Å². The maximum absolute atomic E-state index is 5.16. The molecule has 0 saturated carbocycles. The lowest BCUT2D eigenvalue weighted by atomic mass is 10.0. The van der Waals surface area contributed by atoms with Crippen molar-refractivity contribution in [1.29, 1.82) is 0 Å². The van der Waals surface area contributed by atoms with Crippen LogP contribution in [0.25, 0.3) is 22.4 Å². The lowest BCUT2D eigenvalue weighted by Crippen LogP contribution is -2.74. The Balaban J connectivity index is 1.39. The van der Waals surface area contributed by atoms with Gasteiger partial charge in [-0.2, -0.15) is 0 Å². The van der Waals surface area contributed by atoms with Gasteiger partial charge in [0.05, 0.1) is 5.69 Å². The molecule has 0 fully saturated rings. The average molecular weight is 546 g/mol. The highest BCUT2D eigenvalue weighted by Crippen LogP contribution is 2.31. The van der Waals surface area contributed by atoms with E-state index in [1.807, 2.05) is 0 Å². The molecule has 0 atom stereocenters. The minimum atomic E-state index is -2.56. The molecule has 1 nitrogen and oxygen atoms in total. The zero-order chi connectivity index (χ0) is 27.2.